The Labute approximate surface area is 107 Å². The third-order valence-electron chi connectivity index (χ3n) is 4.46. The van der Waals surface area contributed by atoms with Crippen molar-refractivity contribution in [3.8, 4) is 6.07 Å². The molecule has 4 unspecified atom stereocenters. The van der Waals surface area contributed by atoms with E-state index in [2.05, 4.69) is 18.7 Å². The first-order valence-electron chi connectivity index (χ1n) is 6.41. The number of hydrogen-bond acceptors (Lipinski definition) is 5. The van der Waals surface area contributed by atoms with E-state index in [1.54, 1.807) is 0 Å². The molecule has 1 N–H and O–H groups in total. The molecule has 1 heterocycles. The standard InChI is InChI=1S/C12H18N2O2S/c13-7-12(4-2-1-3-5-12)14-8-6-9(16-14)10(15)11(8)17/h8-11,15,17H,1-6H2. The largest absolute Gasteiger partial charge is 0.389 e. The van der Waals surface area contributed by atoms with E-state index >= 15 is 0 Å². The summed E-state index contributed by atoms with van der Waals surface area (Å²) in [4.78, 5) is 5.79. The summed E-state index contributed by atoms with van der Waals surface area (Å²) in [6.45, 7) is 0. The summed E-state index contributed by atoms with van der Waals surface area (Å²) in [6, 6.07) is 2.56. The van der Waals surface area contributed by atoms with Crippen molar-refractivity contribution < 1.29 is 9.94 Å². The Morgan fingerprint density at radius 3 is 2.59 bits per heavy atom. The monoisotopic (exact) mass is 254 g/mol. The van der Waals surface area contributed by atoms with Gasteiger partial charge in [0, 0.05) is 5.25 Å². The Bertz CT molecular complexity index is 349. The molecule has 17 heavy (non-hydrogen) atoms. The van der Waals surface area contributed by atoms with Crippen LogP contribution in [0.1, 0.15) is 38.5 Å². The first-order valence-corrected chi connectivity index (χ1v) is 6.93. The molecule has 0 aromatic rings. The van der Waals surface area contributed by atoms with E-state index < -0.39 is 11.6 Å². The summed E-state index contributed by atoms with van der Waals surface area (Å²) < 4.78 is 0. The number of nitrogens with zero attached hydrogens (tertiary/aromatic N) is 2. The first-order chi connectivity index (χ1) is 8.18. The SMILES string of the molecule is N#CC1(N2OC3CC2C(S)C3O)CCCCC1. The third kappa shape index (κ3) is 1.62. The predicted molar refractivity (Wildman–Crippen MR) is 65.3 cm³/mol. The quantitative estimate of drug-likeness (QED) is 0.692. The van der Waals surface area contributed by atoms with Crippen LogP contribution in [0.4, 0.5) is 0 Å². The molecular weight excluding hydrogens is 236 g/mol. The van der Waals surface area contributed by atoms with Gasteiger partial charge < -0.3 is 5.11 Å². The minimum Gasteiger partial charge on any atom is -0.389 e. The Morgan fingerprint density at radius 1 is 1.35 bits per heavy atom. The highest BCUT2D eigenvalue weighted by Gasteiger charge is 2.57. The van der Waals surface area contributed by atoms with Crippen LogP contribution >= 0.6 is 12.6 Å². The van der Waals surface area contributed by atoms with Crippen molar-refractivity contribution in [3.05, 3.63) is 0 Å². The lowest BCUT2D eigenvalue weighted by Crippen LogP contribution is -2.57. The highest BCUT2D eigenvalue weighted by atomic mass is 32.1. The minimum absolute atomic E-state index is 0.0825. The first kappa shape index (κ1) is 11.8. The number of hydroxylamine groups is 2. The summed E-state index contributed by atoms with van der Waals surface area (Å²) in [5.74, 6) is 0. The molecule has 2 saturated carbocycles. The van der Waals surface area contributed by atoms with E-state index in [0.29, 0.717) is 0 Å². The van der Waals surface area contributed by atoms with Crippen molar-refractivity contribution in [1.82, 2.24) is 5.06 Å². The van der Waals surface area contributed by atoms with Gasteiger partial charge in [0.25, 0.3) is 0 Å². The van der Waals surface area contributed by atoms with Crippen LogP contribution in [0.25, 0.3) is 0 Å². The number of aliphatic hydroxyl groups excluding tert-OH is 1. The summed E-state index contributed by atoms with van der Waals surface area (Å²) in [5.41, 5.74) is -0.473. The molecule has 4 nitrogen and oxygen atoms in total. The number of aliphatic hydroxyl groups is 1. The van der Waals surface area contributed by atoms with Gasteiger partial charge >= 0.3 is 0 Å². The van der Waals surface area contributed by atoms with E-state index in [4.69, 9.17) is 4.84 Å². The number of thiol groups is 1. The maximum atomic E-state index is 9.85. The zero-order valence-corrected chi connectivity index (χ0v) is 10.6. The van der Waals surface area contributed by atoms with Crippen molar-refractivity contribution in [3.63, 3.8) is 0 Å². The van der Waals surface area contributed by atoms with Gasteiger partial charge in [-0.3, -0.25) is 4.84 Å². The van der Waals surface area contributed by atoms with Crippen LogP contribution in [0.3, 0.4) is 0 Å². The number of nitriles is 1. The van der Waals surface area contributed by atoms with Crippen LogP contribution in [-0.2, 0) is 4.84 Å². The van der Waals surface area contributed by atoms with E-state index in [-0.39, 0.29) is 17.4 Å². The van der Waals surface area contributed by atoms with Gasteiger partial charge in [-0.2, -0.15) is 23.0 Å². The van der Waals surface area contributed by atoms with E-state index in [1.807, 2.05) is 5.06 Å². The molecule has 0 aromatic heterocycles. The van der Waals surface area contributed by atoms with E-state index in [9.17, 15) is 10.4 Å². The van der Waals surface area contributed by atoms with Crippen molar-refractivity contribution >= 4 is 12.6 Å². The molecule has 2 aliphatic carbocycles. The molecular formula is C12H18N2O2S. The van der Waals surface area contributed by atoms with Gasteiger partial charge in [0.05, 0.1) is 18.2 Å². The minimum atomic E-state index is -0.487. The fourth-order valence-corrected chi connectivity index (χ4v) is 3.90. The van der Waals surface area contributed by atoms with Crippen LogP contribution in [0, 0.1) is 11.3 Å². The molecule has 5 heteroatoms. The highest BCUT2D eigenvalue weighted by Crippen LogP contribution is 2.46. The highest BCUT2D eigenvalue weighted by molar-refractivity contribution is 7.81. The Balaban J connectivity index is 1.83. The molecule has 3 rings (SSSR count). The predicted octanol–water partition coefficient (Wildman–Crippen LogP) is 1.26. The van der Waals surface area contributed by atoms with Crippen LogP contribution in [0.15, 0.2) is 0 Å². The average molecular weight is 254 g/mol. The molecule has 3 fully saturated rings. The second kappa shape index (κ2) is 4.13. The van der Waals surface area contributed by atoms with Gasteiger partial charge in [-0.1, -0.05) is 19.3 Å². The van der Waals surface area contributed by atoms with Crippen molar-refractivity contribution in [1.29, 1.82) is 5.26 Å². The number of rotatable bonds is 1. The van der Waals surface area contributed by atoms with Crippen LogP contribution in [0.5, 0.6) is 0 Å². The summed E-state index contributed by atoms with van der Waals surface area (Å²) in [5, 5.41) is 21.2. The molecule has 1 saturated heterocycles. The summed E-state index contributed by atoms with van der Waals surface area (Å²) in [6.07, 6.45) is 5.30. The number of hydrogen-bond donors (Lipinski definition) is 2. The fourth-order valence-electron chi connectivity index (χ4n) is 3.46. The van der Waals surface area contributed by atoms with E-state index in [1.165, 1.54) is 6.42 Å². The molecule has 0 aromatic carbocycles. The van der Waals surface area contributed by atoms with Crippen molar-refractivity contribution in [2.24, 2.45) is 0 Å². The fraction of sp³-hybridized carbons (Fsp3) is 0.917. The lowest BCUT2D eigenvalue weighted by atomic mass is 9.82. The molecule has 0 amide bonds. The van der Waals surface area contributed by atoms with Gasteiger partial charge in [-0.15, -0.1) is 0 Å². The van der Waals surface area contributed by atoms with Crippen molar-refractivity contribution in [2.45, 2.75) is 67.6 Å². The summed E-state index contributed by atoms with van der Waals surface area (Å²) >= 11 is 4.47. The lowest BCUT2D eigenvalue weighted by Gasteiger charge is -2.44. The van der Waals surface area contributed by atoms with Gasteiger partial charge in [0.2, 0.25) is 0 Å². The second-order valence-electron chi connectivity index (χ2n) is 5.46. The lowest BCUT2D eigenvalue weighted by molar-refractivity contribution is -0.254. The maximum Gasteiger partial charge on any atom is 0.133 e. The average Bonchev–Trinajstić information content (AvgIpc) is 2.92. The molecule has 2 bridgehead atoms. The molecule has 94 valence electrons. The molecule has 1 aliphatic heterocycles. The van der Waals surface area contributed by atoms with Gasteiger partial charge in [0.1, 0.15) is 11.6 Å². The molecule has 4 atom stereocenters. The molecule has 0 spiro atoms. The molecule has 0 radical (unpaired) electrons. The number of fused-ring (bicyclic) bond motifs is 2. The second-order valence-corrected chi connectivity index (χ2v) is 6.05. The Morgan fingerprint density at radius 2 is 2.06 bits per heavy atom. The van der Waals surface area contributed by atoms with Crippen LogP contribution in [0.2, 0.25) is 0 Å². The smallest absolute Gasteiger partial charge is 0.133 e. The molecule has 3 aliphatic rings. The maximum absolute atomic E-state index is 9.85. The zero-order chi connectivity index (χ0) is 12.0. The van der Waals surface area contributed by atoms with E-state index in [0.717, 1.165) is 32.1 Å². The summed E-state index contributed by atoms with van der Waals surface area (Å²) in [7, 11) is 0. The van der Waals surface area contributed by atoms with Crippen LogP contribution in [-0.4, -0.2) is 39.2 Å². The van der Waals surface area contributed by atoms with Gasteiger partial charge in [0.15, 0.2) is 0 Å². The third-order valence-corrected chi connectivity index (χ3v) is 5.11. The Kier molecular flexibility index (Phi) is 2.86. The van der Waals surface area contributed by atoms with Gasteiger partial charge in [-0.05, 0) is 19.3 Å². The van der Waals surface area contributed by atoms with Crippen LogP contribution < -0.4 is 0 Å². The normalized spacial score (nSPS) is 44.8. The van der Waals surface area contributed by atoms with Gasteiger partial charge in [-0.25, -0.2) is 0 Å². The topological polar surface area (TPSA) is 56.5 Å². The zero-order valence-electron chi connectivity index (χ0n) is 9.75. The van der Waals surface area contributed by atoms with Crippen molar-refractivity contribution in [2.75, 3.05) is 0 Å². The Hall–Kier alpha value is -0.280.